The molecule has 1 fully saturated rings. The Morgan fingerprint density at radius 1 is 1.23 bits per heavy atom. The van der Waals surface area contributed by atoms with Gasteiger partial charge in [-0.05, 0) is 36.8 Å². The molecule has 2 aromatic rings. The Bertz CT molecular complexity index is 1010. The van der Waals surface area contributed by atoms with Crippen LogP contribution in [0.3, 0.4) is 0 Å². The van der Waals surface area contributed by atoms with Crippen molar-refractivity contribution in [2.24, 2.45) is 0 Å². The van der Waals surface area contributed by atoms with Crippen molar-refractivity contribution in [3.8, 4) is 11.5 Å². The van der Waals surface area contributed by atoms with Crippen molar-refractivity contribution in [2.45, 2.75) is 24.0 Å². The van der Waals surface area contributed by atoms with Gasteiger partial charge in [0.2, 0.25) is 10.0 Å². The molecule has 3 rings (SSSR count). The van der Waals surface area contributed by atoms with Gasteiger partial charge in [0.1, 0.15) is 11.5 Å². The van der Waals surface area contributed by atoms with Gasteiger partial charge >= 0.3 is 6.61 Å². The summed E-state index contributed by atoms with van der Waals surface area (Å²) in [6.07, 6.45) is 0.555. The lowest BCUT2D eigenvalue weighted by atomic mass is 10.2. The zero-order chi connectivity index (χ0) is 21.7. The molecule has 0 bridgehead atoms. The van der Waals surface area contributed by atoms with E-state index in [1.54, 1.807) is 0 Å². The highest BCUT2D eigenvalue weighted by Crippen LogP contribution is 2.25. The van der Waals surface area contributed by atoms with Gasteiger partial charge < -0.3 is 19.5 Å². The van der Waals surface area contributed by atoms with Crippen molar-refractivity contribution < 1.29 is 36.2 Å². The molecule has 1 amide bonds. The number of ether oxygens (including phenoxy) is 3. The largest absolute Gasteiger partial charge is 0.496 e. The van der Waals surface area contributed by atoms with Crippen LogP contribution < -0.4 is 19.5 Å². The van der Waals surface area contributed by atoms with Crippen LogP contribution in [0.25, 0.3) is 0 Å². The molecule has 1 aliphatic heterocycles. The minimum Gasteiger partial charge on any atom is -0.496 e. The van der Waals surface area contributed by atoms with E-state index < -0.39 is 22.5 Å². The first-order chi connectivity index (χ1) is 14.3. The van der Waals surface area contributed by atoms with E-state index in [0.717, 1.165) is 0 Å². The number of nitrogens with one attached hydrogen (secondary N) is 2. The summed E-state index contributed by atoms with van der Waals surface area (Å²) in [5.41, 5.74) is 0.151. The molecular weight excluding hydrogens is 422 g/mol. The number of halogens is 2. The maximum absolute atomic E-state index is 12.7. The number of amides is 1. The molecule has 0 aliphatic carbocycles. The van der Waals surface area contributed by atoms with E-state index in [1.165, 1.54) is 49.6 Å². The Hall–Kier alpha value is -2.76. The van der Waals surface area contributed by atoms with Gasteiger partial charge in [-0.2, -0.15) is 8.78 Å². The molecule has 0 aromatic heterocycles. The molecule has 1 saturated heterocycles. The molecule has 0 saturated carbocycles. The van der Waals surface area contributed by atoms with Crippen molar-refractivity contribution in [3.05, 3.63) is 48.0 Å². The summed E-state index contributed by atoms with van der Waals surface area (Å²) in [5, 5.41) is 2.52. The van der Waals surface area contributed by atoms with Gasteiger partial charge in [0.05, 0.1) is 24.2 Å². The number of alkyl halides is 2. The second-order valence-electron chi connectivity index (χ2n) is 6.40. The van der Waals surface area contributed by atoms with Gasteiger partial charge in [0.25, 0.3) is 5.91 Å². The molecule has 11 heteroatoms. The Morgan fingerprint density at radius 3 is 2.70 bits per heavy atom. The minimum atomic E-state index is -3.89. The zero-order valence-electron chi connectivity index (χ0n) is 15.9. The molecule has 1 atom stereocenters. The number of hydrogen-bond acceptors (Lipinski definition) is 6. The van der Waals surface area contributed by atoms with Gasteiger partial charge in [-0.1, -0.05) is 6.07 Å². The number of methoxy groups -OCH3 is 1. The molecule has 2 N–H and O–H groups in total. The topological polar surface area (TPSA) is 103 Å². The van der Waals surface area contributed by atoms with E-state index in [9.17, 15) is 22.0 Å². The lowest BCUT2D eigenvalue weighted by Crippen LogP contribution is -2.35. The van der Waals surface area contributed by atoms with E-state index in [2.05, 4.69) is 14.8 Å². The minimum absolute atomic E-state index is 0.0387. The number of carbonyl (C=O) groups excluding carboxylic acids is 1. The number of benzene rings is 2. The van der Waals surface area contributed by atoms with Gasteiger partial charge in [-0.15, -0.1) is 0 Å². The van der Waals surface area contributed by atoms with Crippen LogP contribution in [0.1, 0.15) is 16.8 Å². The summed E-state index contributed by atoms with van der Waals surface area (Å²) in [6, 6.07) is 8.98. The Morgan fingerprint density at radius 2 is 2.03 bits per heavy atom. The third-order valence-corrected chi connectivity index (χ3v) is 5.81. The highest BCUT2D eigenvalue weighted by molar-refractivity contribution is 7.89. The summed E-state index contributed by atoms with van der Waals surface area (Å²) in [7, 11) is -2.55. The first-order valence-corrected chi connectivity index (χ1v) is 10.4. The molecule has 0 spiro atoms. The predicted octanol–water partition coefficient (Wildman–Crippen LogP) is 2.62. The molecule has 30 heavy (non-hydrogen) atoms. The monoisotopic (exact) mass is 442 g/mol. The third-order valence-electron chi connectivity index (χ3n) is 4.29. The number of carbonyl (C=O) groups is 1. The lowest BCUT2D eigenvalue weighted by Gasteiger charge is -2.14. The van der Waals surface area contributed by atoms with Gasteiger partial charge in [-0.25, -0.2) is 13.1 Å². The first kappa shape index (κ1) is 21.9. The van der Waals surface area contributed by atoms with Gasteiger partial charge in [0, 0.05) is 24.4 Å². The van der Waals surface area contributed by atoms with E-state index in [-0.39, 0.29) is 40.3 Å². The second kappa shape index (κ2) is 9.37. The smallest absolute Gasteiger partial charge is 0.387 e. The molecule has 1 heterocycles. The molecular formula is C19H20F2N2O6S. The van der Waals surface area contributed by atoms with Crippen LogP contribution in [-0.2, 0) is 14.8 Å². The number of sulfonamides is 1. The molecule has 162 valence electrons. The molecule has 8 nitrogen and oxygen atoms in total. The normalized spacial score (nSPS) is 16.5. The fraction of sp³-hybridized carbons (Fsp3) is 0.316. The zero-order valence-corrected chi connectivity index (χ0v) is 16.7. The van der Waals surface area contributed by atoms with Crippen molar-refractivity contribution in [2.75, 3.05) is 25.6 Å². The van der Waals surface area contributed by atoms with E-state index >= 15 is 0 Å². The molecule has 0 radical (unpaired) electrons. The van der Waals surface area contributed by atoms with Gasteiger partial charge in [-0.3, -0.25) is 4.79 Å². The molecule has 2 aromatic carbocycles. The Kier molecular flexibility index (Phi) is 6.85. The van der Waals surface area contributed by atoms with Crippen LogP contribution in [-0.4, -0.2) is 47.3 Å². The highest BCUT2D eigenvalue weighted by Gasteiger charge is 2.25. The number of rotatable bonds is 8. The number of hydrogen-bond donors (Lipinski definition) is 2. The van der Waals surface area contributed by atoms with Crippen molar-refractivity contribution >= 4 is 21.6 Å². The summed E-state index contributed by atoms with van der Waals surface area (Å²) >= 11 is 0. The Labute approximate surface area is 172 Å². The summed E-state index contributed by atoms with van der Waals surface area (Å²) in [4.78, 5) is 12.6. The maximum Gasteiger partial charge on any atom is 0.387 e. The Balaban J connectivity index is 1.83. The SMILES string of the molecule is COc1ccc(S(=O)(=O)N[C@H]2CCOC2)cc1C(=O)Nc1cccc(OC(F)F)c1. The van der Waals surface area contributed by atoms with Crippen LogP contribution >= 0.6 is 0 Å². The van der Waals surface area contributed by atoms with Crippen molar-refractivity contribution in [1.29, 1.82) is 0 Å². The highest BCUT2D eigenvalue weighted by atomic mass is 32.2. The van der Waals surface area contributed by atoms with E-state index in [4.69, 9.17) is 9.47 Å². The summed E-state index contributed by atoms with van der Waals surface area (Å²) < 4.78 is 67.2. The van der Waals surface area contributed by atoms with Crippen LogP contribution in [0.4, 0.5) is 14.5 Å². The second-order valence-corrected chi connectivity index (χ2v) is 8.12. The maximum atomic E-state index is 12.7. The van der Waals surface area contributed by atoms with Crippen molar-refractivity contribution in [1.82, 2.24) is 4.72 Å². The average molecular weight is 442 g/mol. The quantitative estimate of drug-likeness (QED) is 0.652. The number of anilines is 1. The average Bonchev–Trinajstić information content (AvgIpc) is 3.19. The first-order valence-electron chi connectivity index (χ1n) is 8.93. The van der Waals surface area contributed by atoms with E-state index in [0.29, 0.717) is 13.0 Å². The van der Waals surface area contributed by atoms with Crippen LogP contribution in [0, 0.1) is 0 Å². The summed E-state index contributed by atoms with van der Waals surface area (Å²) in [5.74, 6) is -0.660. The lowest BCUT2D eigenvalue weighted by molar-refractivity contribution is -0.0498. The van der Waals surface area contributed by atoms with Crippen LogP contribution in [0.15, 0.2) is 47.4 Å². The third kappa shape index (κ3) is 5.43. The standard InChI is InChI=1S/C19H20F2N2O6S/c1-27-17-6-5-15(30(25,26)23-13-7-8-28-11-13)10-16(17)18(24)22-12-3-2-4-14(9-12)29-19(20)21/h2-6,9-10,13,19,23H,7-8,11H2,1H3,(H,22,24)/t13-/m0/s1. The van der Waals surface area contributed by atoms with E-state index in [1.807, 2.05) is 0 Å². The fourth-order valence-electron chi connectivity index (χ4n) is 2.90. The van der Waals surface area contributed by atoms with Crippen LogP contribution in [0.2, 0.25) is 0 Å². The summed E-state index contributed by atoms with van der Waals surface area (Å²) in [6.45, 7) is -2.26. The molecule has 1 aliphatic rings. The predicted molar refractivity (Wildman–Crippen MR) is 104 cm³/mol. The molecule has 0 unspecified atom stereocenters. The van der Waals surface area contributed by atoms with Crippen molar-refractivity contribution in [3.63, 3.8) is 0 Å². The van der Waals surface area contributed by atoms with Crippen LogP contribution in [0.5, 0.6) is 11.5 Å². The van der Waals surface area contributed by atoms with Gasteiger partial charge in [0.15, 0.2) is 0 Å². The fourth-order valence-corrected chi connectivity index (χ4v) is 4.18.